The molecular formula is C21H27N5. The van der Waals surface area contributed by atoms with Gasteiger partial charge in [-0.15, -0.1) is 0 Å². The van der Waals surface area contributed by atoms with Gasteiger partial charge in [0, 0.05) is 30.9 Å². The van der Waals surface area contributed by atoms with Crippen LogP contribution in [0.2, 0.25) is 0 Å². The van der Waals surface area contributed by atoms with Gasteiger partial charge in [0.25, 0.3) is 0 Å². The molecule has 0 spiro atoms. The minimum atomic E-state index is 0.760. The van der Waals surface area contributed by atoms with E-state index in [-0.39, 0.29) is 0 Å². The van der Waals surface area contributed by atoms with Crippen LogP contribution in [0.15, 0.2) is 55.2 Å². The van der Waals surface area contributed by atoms with Crippen LogP contribution >= 0.6 is 0 Å². The standard InChI is InChI=1S/C21H27N5/c1-24(20-9-5-6-10-20)11-12-25-17-22-14-21(25)19-13-23-26(16-19)15-18-7-3-2-4-8-18/h2-4,7-8,13-14,16-17,20H,5-6,9-12,15H2,1H3. The lowest BCUT2D eigenvalue weighted by atomic mass is 10.2. The maximum Gasteiger partial charge on any atom is 0.0951 e. The van der Waals surface area contributed by atoms with Gasteiger partial charge in [0.1, 0.15) is 0 Å². The summed E-state index contributed by atoms with van der Waals surface area (Å²) in [5, 5.41) is 4.53. The normalized spacial score (nSPS) is 15.2. The molecule has 0 unspecified atom stereocenters. The van der Waals surface area contributed by atoms with Crippen LogP contribution in [0.4, 0.5) is 0 Å². The van der Waals surface area contributed by atoms with Crippen LogP contribution < -0.4 is 0 Å². The van der Waals surface area contributed by atoms with Crippen LogP contribution in [-0.2, 0) is 13.1 Å². The van der Waals surface area contributed by atoms with E-state index in [1.165, 1.54) is 31.2 Å². The molecule has 1 aromatic carbocycles. The minimum absolute atomic E-state index is 0.760. The van der Waals surface area contributed by atoms with Crippen molar-refractivity contribution in [2.75, 3.05) is 13.6 Å². The number of nitrogens with zero attached hydrogens (tertiary/aromatic N) is 5. The molecule has 2 aromatic heterocycles. The third kappa shape index (κ3) is 3.88. The van der Waals surface area contributed by atoms with E-state index >= 15 is 0 Å². The Balaban J connectivity index is 1.41. The highest BCUT2D eigenvalue weighted by Crippen LogP contribution is 2.23. The molecule has 3 aromatic rings. The highest BCUT2D eigenvalue weighted by Gasteiger charge is 2.19. The molecule has 136 valence electrons. The summed E-state index contributed by atoms with van der Waals surface area (Å²) in [5.74, 6) is 0. The van der Waals surface area contributed by atoms with E-state index in [9.17, 15) is 0 Å². The van der Waals surface area contributed by atoms with Gasteiger partial charge in [0.05, 0.1) is 31.0 Å². The van der Waals surface area contributed by atoms with Crippen LogP contribution in [-0.4, -0.2) is 43.9 Å². The summed E-state index contributed by atoms with van der Waals surface area (Å²) >= 11 is 0. The summed E-state index contributed by atoms with van der Waals surface area (Å²) in [7, 11) is 2.25. The van der Waals surface area contributed by atoms with Crippen molar-refractivity contribution in [3.63, 3.8) is 0 Å². The van der Waals surface area contributed by atoms with Crippen molar-refractivity contribution in [3.05, 3.63) is 60.8 Å². The smallest absolute Gasteiger partial charge is 0.0951 e. The number of aromatic nitrogens is 4. The summed E-state index contributed by atoms with van der Waals surface area (Å²) < 4.78 is 4.24. The molecule has 1 fully saturated rings. The van der Waals surface area contributed by atoms with E-state index in [2.05, 4.69) is 57.1 Å². The second-order valence-electron chi connectivity index (χ2n) is 7.30. The second-order valence-corrected chi connectivity index (χ2v) is 7.30. The maximum atomic E-state index is 4.53. The van der Waals surface area contributed by atoms with Crippen molar-refractivity contribution < 1.29 is 0 Å². The SMILES string of the molecule is CN(CCn1cncc1-c1cnn(Cc2ccccc2)c1)C1CCCC1. The number of hydrogen-bond acceptors (Lipinski definition) is 3. The number of hydrogen-bond donors (Lipinski definition) is 0. The molecule has 4 rings (SSSR count). The molecule has 2 heterocycles. The number of benzene rings is 1. The first-order valence-corrected chi connectivity index (χ1v) is 9.57. The average molecular weight is 349 g/mol. The van der Waals surface area contributed by atoms with Crippen LogP contribution in [0.3, 0.4) is 0 Å². The summed E-state index contributed by atoms with van der Waals surface area (Å²) in [6, 6.07) is 11.2. The minimum Gasteiger partial charge on any atom is -0.329 e. The molecule has 0 atom stereocenters. The Kier molecular flexibility index (Phi) is 5.16. The Bertz CT molecular complexity index is 814. The zero-order valence-corrected chi connectivity index (χ0v) is 15.5. The van der Waals surface area contributed by atoms with Crippen LogP contribution in [0.1, 0.15) is 31.2 Å². The predicted octanol–water partition coefficient (Wildman–Crippen LogP) is 3.67. The highest BCUT2D eigenvalue weighted by molar-refractivity contribution is 5.56. The van der Waals surface area contributed by atoms with Crippen molar-refractivity contribution in [2.45, 2.75) is 44.8 Å². The molecule has 1 aliphatic carbocycles. The molecule has 1 aliphatic rings. The van der Waals surface area contributed by atoms with E-state index in [0.29, 0.717) is 0 Å². The molecule has 0 aliphatic heterocycles. The maximum absolute atomic E-state index is 4.53. The molecule has 0 amide bonds. The summed E-state index contributed by atoms with van der Waals surface area (Å²) in [6.07, 6.45) is 13.4. The van der Waals surface area contributed by atoms with Crippen LogP contribution in [0, 0.1) is 0 Å². The fourth-order valence-electron chi connectivity index (χ4n) is 3.89. The molecule has 0 radical (unpaired) electrons. The molecule has 0 saturated heterocycles. The van der Waals surface area contributed by atoms with Gasteiger partial charge in [-0.25, -0.2) is 4.98 Å². The highest BCUT2D eigenvalue weighted by atomic mass is 15.3. The lowest BCUT2D eigenvalue weighted by Gasteiger charge is -2.24. The monoisotopic (exact) mass is 349 g/mol. The van der Waals surface area contributed by atoms with E-state index in [1.54, 1.807) is 0 Å². The fourth-order valence-corrected chi connectivity index (χ4v) is 3.89. The fraction of sp³-hybridized carbons (Fsp3) is 0.429. The van der Waals surface area contributed by atoms with Crippen molar-refractivity contribution in [1.29, 1.82) is 0 Å². The first kappa shape index (κ1) is 17.0. The number of likely N-dealkylation sites (N-methyl/N-ethyl adjacent to an activating group) is 1. The third-order valence-corrected chi connectivity index (χ3v) is 5.47. The van der Waals surface area contributed by atoms with Crippen molar-refractivity contribution >= 4 is 0 Å². The van der Waals surface area contributed by atoms with Crippen LogP contribution in [0.5, 0.6) is 0 Å². The molecule has 26 heavy (non-hydrogen) atoms. The summed E-state index contributed by atoms with van der Waals surface area (Å²) in [4.78, 5) is 6.88. The lowest BCUT2D eigenvalue weighted by molar-refractivity contribution is 0.237. The zero-order valence-electron chi connectivity index (χ0n) is 15.5. The molecule has 0 N–H and O–H groups in total. The lowest BCUT2D eigenvalue weighted by Crippen LogP contribution is -2.32. The number of rotatable bonds is 7. The van der Waals surface area contributed by atoms with E-state index in [1.807, 2.05) is 29.5 Å². The van der Waals surface area contributed by atoms with Gasteiger partial charge in [-0.2, -0.15) is 5.10 Å². The summed E-state index contributed by atoms with van der Waals surface area (Å²) in [5.41, 5.74) is 3.53. The topological polar surface area (TPSA) is 38.9 Å². The zero-order chi connectivity index (χ0) is 17.8. The Hall–Kier alpha value is -2.40. The van der Waals surface area contributed by atoms with Gasteiger partial charge < -0.3 is 9.47 Å². The quantitative estimate of drug-likeness (QED) is 0.653. The summed E-state index contributed by atoms with van der Waals surface area (Å²) in [6.45, 7) is 2.82. The van der Waals surface area contributed by atoms with E-state index in [0.717, 1.165) is 36.9 Å². The molecule has 1 saturated carbocycles. The third-order valence-electron chi connectivity index (χ3n) is 5.47. The largest absolute Gasteiger partial charge is 0.329 e. The first-order valence-electron chi connectivity index (χ1n) is 9.57. The molecule has 5 nitrogen and oxygen atoms in total. The average Bonchev–Trinajstić information content (AvgIpc) is 3.41. The van der Waals surface area contributed by atoms with Gasteiger partial charge in [-0.05, 0) is 25.5 Å². The van der Waals surface area contributed by atoms with Crippen LogP contribution in [0.25, 0.3) is 11.3 Å². The Morgan fingerprint density at radius 3 is 2.73 bits per heavy atom. The Morgan fingerprint density at radius 2 is 1.92 bits per heavy atom. The van der Waals surface area contributed by atoms with Gasteiger partial charge in [0.2, 0.25) is 0 Å². The van der Waals surface area contributed by atoms with E-state index < -0.39 is 0 Å². The Morgan fingerprint density at radius 1 is 1.12 bits per heavy atom. The Labute approximate surface area is 155 Å². The first-order chi connectivity index (χ1) is 12.8. The van der Waals surface area contributed by atoms with Gasteiger partial charge in [-0.1, -0.05) is 43.2 Å². The molecular weight excluding hydrogens is 322 g/mol. The van der Waals surface area contributed by atoms with Gasteiger partial charge in [-0.3, -0.25) is 4.68 Å². The van der Waals surface area contributed by atoms with E-state index in [4.69, 9.17) is 0 Å². The van der Waals surface area contributed by atoms with Gasteiger partial charge in [0.15, 0.2) is 0 Å². The second kappa shape index (κ2) is 7.87. The van der Waals surface area contributed by atoms with Crippen molar-refractivity contribution in [1.82, 2.24) is 24.2 Å². The predicted molar refractivity (Wildman–Crippen MR) is 104 cm³/mol. The van der Waals surface area contributed by atoms with Crippen molar-refractivity contribution in [3.8, 4) is 11.3 Å². The molecule has 5 heteroatoms. The molecule has 0 bridgehead atoms. The van der Waals surface area contributed by atoms with Crippen molar-refractivity contribution in [2.24, 2.45) is 0 Å². The number of imidazole rings is 1. The van der Waals surface area contributed by atoms with Gasteiger partial charge >= 0.3 is 0 Å².